The van der Waals surface area contributed by atoms with Gasteiger partial charge in [0.1, 0.15) is 17.6 Å². The van der Waals surface area contributed by atoms with E-state index in [4.69, 9.17) is 14.6 Å². The highest BCUT2D eigenvalue weighted by Crippen LogP contribution is 2.16. The molecule has 1 aromatic carbocycles. The summed E-state index contributed by atoms with van der Waals surface area (Å²) in [6.45, 7) is 0.520. The quantitative estimate of drug-likeness (QED) is 0.766. The first-order valence-electron chi connectivity index (χ1n) is 6.64. The number of carboxylic acid groups (broad SMARTS) is 1. The maximum Gasteiger partial charge on any atom is 0.316 e. The van der Waals surface area contributed by atoms with Crippen LogP contribution in [0, 0.1) is 17.6 Å². The van der Waals surface area contributed by atoms with E-state index < -0.39 is 35.7 Å². The first-order chi connectivity index (χ1) is 10.5. The van der Waals surface area contributed by atoms with Crippen molar-refractivity contribution >= 4 is 11.9 Å². The lowest BCUT2D eigenvalue weighted by Gasteiger charge is -2.16. The molecule has 0 saturated carbocycles. The third-order valence-corrected chi connectivity index (χ3v) is 3.12. The van der Waals surface area contributed by atoms with Gasteiger partial charge in [0.05, 0.1) is 13.2 Å². The predicted molar refractivity (Wildman–Crippen MR) is 69.6 cm³/mol. The fourth-order valence-corrected chi connectivity index (χ4v) is 2.08. The first kappa shape index (κ1) is 16.3. The fraction of sp³-hybridized carbons (Fsp3) is 0.429. The van der Waals surface area contributed by atoms with Crippen LogP contribution in [0.3, 0.4) is 0 Å². The van der Waals surface area contributed by atoms with E-state index >= 15 is 0 Å². The Kier molecular flexibility index (Phi) is 5.40. The summed E-state index contributed by atoms with van der Waals surface area (Å²) in [5.41, 5.74) is 0.198. The average molecular weight is 315 g/mol. The van der Waals surface area contributed by atoms with Gasteiger partial charge in [-0.2, -0.15) is 0 Å². The van der Waals surface area contributed by atoms with Crippen molar-refractivity contribution in [2.24, 2.45) is 5.92 Å². The molecule has 0 spiro atoms. The van der Waals surface area contributed by atoms with Crippen LogP contribution in [0.2, 0.25) is 0 Å². The SMILES string of the molecule is O=C(O)C(CC1OCCO1)C(=O)NCc1cc(F)cc(F)c1. The Morgan fingerprint density at radius 1 is 1.23 bits per heavy atom. The van der Waals surface area contributed by atoms with Crippen molar-refractivity contribution in [3.05, 3.63) is 35.4 Å². The summed E-state index contributed by atoms with van der Waals surface area (Å²) in [7, 11) is 0. The number of aliphatic carboxylic acids is 1. The molecule has 1 amide bonds. The number of ether oxygens (including phenoxy) is 2. The lowest BCUT2D eigenvalue weighted by Crippen LogP contribution is -2.37. The number of carbonyl (C=O) groups is 2. The summed E-state index contributed by atoms with van der Waals surface area (Å²) in [6.07, 6.45) is -0.864. The molecule has 1 aliphatic heterocycles. The highest BCUT2D eigenvalue weighted by Gasteiger charge is 2.31. The Labute approximate surface area is 125 Å². The molecule has 0 radical (unpaired) electrons. The second-order valence-corrected chi connectivity index (χ2v) is 4.79. The molecule has 1 fully saturated rings. The minimum Gasteiger partial charge on any atom is -0.481 e. The molecule has 120 valence electrons. The van der Waals surface area contributed by atoms with Crippen molar-refractivity contribution in [1.82, 2.24) is 5.32 Å². The molecule has 8 heteroatoms. The molecule has 0 aliphatic carbocycles. The molecule has 1 heterocycles. The number of benzene rings is 1. The summed E-state index contributed by atoms with van der Waals surface area (Å²) in [5.74, 6) is -4.99. The van der Waals surface area contributed by atoms with Crippen molar-refractivity contribution in [3.8, 4) is 0 Å². The molecule has 1 unspecified atom stereocenters. The highest BCUT2D eigenvalue weighted by molar-refractivity contribution is 5.96. The van der Waals surface area contributed by atoms with Gasteiger partial charge in [-0.25, -0.2) is 8.78 Å². The average Bonchev–Trinajstić information content (AvgIpc) is 2.94. The van der Waals surface area contributed by atoms with Crippen molar-refractivity contribution in [3.63, 3.8) is 0 Å². The minimum atomic E-state index is -1.36. The number of carboxylic acids is 1. The van der Waals surface area contributed by atoms with Gasteiger partial charge in [0, 0.05) is 19.0 Å². The van der Waals surface area contributed by atoms with E-state index in [-0.39, 0.29) is 18.5 Å². The van der Waals surface area contributed by atoms with Crippen LogP contribution >= 0.6 is 0 Å². The number of carbonyl (C=O) groups excluding carboxylic acids is 1. The van der Waals surface area contributed by atoms with E-state index in [2.05, 4.69) is 5.32 Å². The summed E-state index contributed by atoms with van der Waals surface area (Å²) in [4.78, 5) is 23.1. The predicted octanol–water partition coefficient (Wildman–Crippen LogP) is 1.04. The lowest BCUT2D eigenvalue weighted by molar-refractivity contribution is -0.151. The molecule has 1 aliphatic rings. The molecule has 0 aromatic heterocycles. The van der Waals surface area contributed by atoms with Crippen molar-refractivity contribution in [2.45, 2.75) is 19.3 Å². The van der Waals surface area contributed by atoms with E-state index in [1.165, 1.54) is 0 Å². The van der Waals surface area contributed by atoms with Gasteiger partial charge in [0.15, 0.2) is 6.29 Å². The normalized spacial score (nSPS) is 16.5. The molecule has 1 atom stereocenters. The third-order valence-electron chi connectivity index (χ3n) is 3.12. The highest BCUT2D eigenvalue weighted by atomic mass is 19.1. The Hall–Kier alpha value is -2.06. The maximum atomic E-state index is 13.0. The van der Waals surface area contributed by atoms with Gasteiger partial charge < -0.3 is 19.9 Å². The lowest BCUT2D eigenvalue weighted by atomic mass is 10.0. The Bertz CT molecular complexity index is 540. The topological polar surface area (TPSA) is 84.9 Å². The number of amides is 1. The largest absolute Gasteiger partial charge is 0.481 e. The van der Waals surface area contributed by atoms with Crippen LogP contribution in [0.1, 0.15) is 12.0 Å². The van der Waals surface area contributed by atoms with Gasteiger partial charge in [0.2, 0.25) is 5.91 Å². The van der Waals surface area contributed by atoms with E-state index in [1.54, 1.807) is 0 Å². The van der Waals surface area contributed by atoms with Crippen molar-refractivity contribution in [1.29, 1.82) is 0 Å². The fourth-order valence-electron chi connectivity index (χ4n) is 2.08. The monoisotopic (exact) mass is 315 g/mol. The van der Waals surface area contributed by atoms with E-state index in [0.717, 1.165) is 12.1 Å². The van der Waals surface area contributed by atoms with Gasteiger partial charge in [0.25, 0.3) is 0 Å². The minimum absolute atomic E-state index is 0.126. The number of halogens is 2. The summed E-state index contributed by atoms with van der Waals surface area (Å²) in [5, 5.41) is 11.4. The van der Waals surface area contributed by atoms with Crippen LogP contribution in [0.25, 0.3) is 0 Å². The molecule has 2 rings (SSSR count). The molecule has 1 aromatic rings. The van der Waals surface area contributed by atoms with E-state index in [0.29, 0.717) is 19.3 Å². The zero-order valence-corrected chi connectivity index (χ0v) is 11.6. The van der Waals surface area contributed by atoms with E-state index in [9.17, 15) is 18.4 Å². The van der Waals surface area contributed by atoms with Gasteiger partial charge in [-0.1, -0.05) is 0 Å². The Morgan fingerprint density at radius 3 is 2.36 bits per heavy atom. The van der Waals surface area contributed by atoms with Crippen molar-refractivity contribution in [2.75, 3.05) is 13.2 Å². The van der Waals surface area contributed by atoms with Crippen molar-refractivity contribution < 1.29 is 33.0 Å². The molecule has 0 bridgehead atoms. The number of nitrogens with one attached hydrogen (secondary N) is 1. The number of hydrogen-bond donors (Lipinski definition) is 2. The number of hydrogen-bond acceptors (Lipinski definition) is 4. The van der Waals surface area contributed by atoms with Gasteiger partial charge in [-0.05, 0) is 17.7 Å². The zero-order chi connectivity index (χ0) is 16.1. The van der Waals surface area contributed by atoms with Crippen LogP contribution in [-0.4, -0.2) is 36.5 Å². The molecule has 22 heavy (non-hydrogen) atoms. The van der Waals surface area contributed by atoms with Crippen LogP contribution in [0.15, 0.2) is 18.2 Å². The summed E-state index contributed by atoms with van der Waals surface area (Å²) in [6, 6.07) is 2.82. The molecular formula is C14H15F2NO5. The van der Waals surface area contributed by atoms with Crippen LogP contribution in [0.4, 0.5) is 8.78 Å². The Balaban J connectivity index is 1.94. The second kappa shape index (κ2) is 7.28. The maximum absolute atomic E-state index is 13.0. The second-order valence-electron chi connectivity index (χ2n) is 4.79. The summed E-state index contributed by atoms with van der Waals surface area (Å²) < 4.78 is 36.3. The molecule has 2 N–H and O–H groups in total. The third kappa shape index (κ3) is 4.47. The smallest absolute Gasteiger partial charge is 0.316 e. The van der Waals surface area contributed by atoms with Gasteiger partial charge >= 0.3 is 5.97 Å². The Morgan fingerprint density at radius 2 is 1.82 bits per heavy atom. The van der Waals surface area contributed by atoms with Gasteiger partial charge in [-0.3, -0.25) is 9.59 Å². The van der Waals surface area contributed by atoms with E-state index in [1.807, 2.05) is 0 Å². The first-order valence-corrected chi connectivity index (χ1v) is 6.64. The van der Waals surface area contributed by atoms with Crippen LogP contribution < -0.4 is 5.32 Å². The summed E-state index contributed by atoms with van der Waals surface area (Å²) >= 11 is 0. The number of rotatable bonds is 6. The van der Waals surface area contributed by atoms with Crippen LogP contribution in [-0.2, 0) is 25.6 Å². The van der Waals surface area contributed by atoms with Crippen LogP contribution in [0.5, 0.6) is 0 Å². The molecular weight excluding hydrogens is 300 g/mol. The molecule has 6 nitrogen and oxygen atoms in total. The molecule has 1 saturated heterocycles. The zero-order valence-electron chi connectivity index (χ0n) is 11.6. The standard InChI is InChI=1S/C14H15F2NO5/c15-9-3-8(4-10(16)5-9)7-17-13(18)11(14(19)20)6-12-21-1-2-22-12/h3-5,11-12H,1-2,6-7H2,(H,17,18)(H,19,20). The van der Waals surface area contributed by atoms with Gasteiger partial charge in [-0.15, -0.1) is 0 Å².